The van der Waals surface area contributed by atoms with Gasteiger partial charge in [-0.25, -0.2) is 19.3 Å². The molecule has 0 saturated carbocycles. The van der Waals surface area contributed by atoms with Crippen molar-refractivity contribution in [3.05, 3.63) is 58.6 Å². The third-order valence-electron chi connectivity index (χ3n) is 4.98. The number of methoxy groups -OCH3 is 1. The highest BCUT2D eigenvalue weighted by molar-refractivity contribution is 5.75. The average molecular weight is 374 g/mol. The van der Waals surface area contributed by atoms with Crippen LogP contribution in [0.25, 0.3) is 28.2 Å². The number of nitrogens with two attached hydrogens (primary N) is 1. The molecule has 140 valence electrons. The minimum absolute atomic E-state index is 0.270. The zero-order chi connectivity index (χ0) is 19.3. The van der Waals surface area contributed by atoms with Gasteiger partial charge in [-0.15, -0.1) is 0 Å². The van der Waals surface area contributed by atoms with Gasteiger partial charge in [-0.1, -0.05) is 6.07 Å². The number of hydrogen-bond acceptors (Lipinski definition) is 6. The Morgan fingerprint density at radius 1 is 1.21 bits per heavy atom. The van der Waals surface area contributed by atoms with Gasteiger partial charge in [-0.05, 0) is 42.3 Å². The number of imidazole rings is 1. The van der Waals surface area contributed by atoms with Crippen LogP contribution in [0.4, 0.5) is 11.4 Å². The Labute approximate surface area is 160 Å². The van der Waals surface area contributed by atoms with Crippen LogP contribution in [0.5, 0.6) is 5.75 Å². The molecule has 0 spiro atoms. The molecule has 0 saturated heterocycles. The van der Waals surface area contributed by atoms with Crippen molar-refractivity contribution in [2.75, 3.05) is 24.7 Å². The van der Waals surface area contributed by atoms with E-state index in [4.69, 9.17) is 15.5 Å². The van der Waals surface area contributed by atoms with Gasteiger partial charge in [-0.2, -0.15) is 0 Å². The van der Waals surface area contributed by atoms with Gasteiger partial charge in [0.15, 0.2) is 11.3 Å². The van der Waals surface area contributed by atoms with E-state index in [1.165, 1.54) is 5.56 Å². The van der Waals surface area contributed by atoms with Crippen LogP contribution in [0.2, 0.25) is 0 Å². The molecule has 2 aromatic heterocycles. The number of anilines is 2. The summed E-state index contributed by atoms with van der Waals surface area (Å²) in [6.45, 7) is 0.907. The van der Waals surface area contributed by atoms with Crippen molar-refractivity contribution >= 4 is 22.7 Å². The number of benzene rings is 2. The largest absolute Gasteiger partial charge is 0.495 e. The second kappa shape index (κ2) is 6.12. The van der Waals surface area contributed by atoms with E-state index >= 15 is 0 Å². The van der Waals surface area contributed by atoms with Crippen molar-refractivity contribution in [2.45, 2.75) is 6.42 Å². The molecule has 5 rings (SSSR count). The van der Waals surface area contributed by atoms with Crippen molar-refractivity contribution in [1.29, 1.82) is 0 Å². The zero-order valence-electron chi connectivity index (χ0n) is 15.2. The first-order valence-corrected chi connectivity index (χ1v) is 8.93. The molecule has 28 heavy (non-hydrogen) atoms. The van der Waals surface area contributed by atoms with Gasteiger partial charge in [0.25, 0.3) is 0 Å². The Morgan fingerprint density at radius 2 is 2.11 bits per heavy atom. The lowest BCUT2D eigenvalue weighted by molar-refractivity contribution is 0.417. The van der Waals surface area contributed by atoms with Crippen LogP contribution in [0.1, 0.15) is 5.56 Å². The fraction of sp³-hybridized carbons (Fsp3) is 0.150. The van der Waals surface area contributed by atoms with Gasteiger partial charge >= 0.3 is 5.69 Å². The van der Waals surface area contributed by atoms with E-state index in [0.29, 0.717) is 28.4 Å². The first kappa shape index (κ1) is 16.4. The average Bonchev–Trinajstić information content (AvgIpc) is 3.30. The minimum atomic E-state index is -0.270. The highest BCUT2D eigenvalue weighted by Crippen LogP contribution is 2.29. The van der Waals surface area contributed by atoms with Gasteiger partial charge in [0, 0.05) is 17.8 Å². The lowest BCUT2D eigenvalue weighted by Crippen LogP contribution is -2.15. The lowest BCUT2D eigenvalue weighted by Gasteiger charge is -2.08. The summed E-state index contributed by atoms with van der Waals surface area (Å²) in [6, 6.07) is 11.3. The Morgan fingerprint density at radius 3 is 2.96 bits per heavy atom. The maximum Gasteiger partial charge on any atom is 0.333 e. The number of nitrogens with one attached hydrogen (secondary N) is 2. The molecule has 1 aliphatic rings. The Kier molecular flexibility index (Phi) is 3.58. The number of aromatic nitrogens is 4. The number of nitrogens with zero attached hydrogens (tertiary/aromatic N) is 3. The van der Waals surface area contributed by atoms with Crippen LogP contribution in [-0.4, -0.2) is 33.2 Å². The summed E-state index contributed by atoms with van der Waals surface area (Å²) >= 11 is 0. The van der Waals surface area contributed by atoms with Gasteiger partial charge < -0.3 is 15.8 Å². The fourth-order valence-electron chi connectivity index (χ4n) is 3.56. The normalized spacial score (nSPS) is 12.8. The first-order chi connectivity index (χ1) is 13.6. The topological polar surface area (TPSA) is 111 Å². The molecule has 8 nitrogen and oxygen atoms in total. The van der Waals surface area contributed by atoms with E-state index < -0.39 is 0 Å². The van der Waals surface area contributed by atoms with E-state index in [2.05, 4.69) is 15.3 Å². The molecule has 0 fully saturated rings. The molecule has 0 radical (unpaired) electrons. The molecule has 3 heterocycles. The summed E-state index contributed by atoms with van der Waals surface area (Å²) in [5.74, 6) is 0.567. The molecule has 0 aliphatic carbocycles. The van der Waals surface area contributed by atoms with Crippen molar-refractivity contribution in [2.24, 2.45) is 0 Å². The van der Waals surface area contributed by atoms with E-state index in [9.17, 15) is 4.79 Å². The summed E-state index contributed by atoms with van der Waals surface area (Å²) in [7, 11) is 1.57. The van der Waals surface area contributed by atoms with Gasteiger partial charge in [0.1, 0.15) is 5.75 Å². The van der Waals surface area contributed by atoms with Crippen LogP contribution < -0.4 is 21.5 Å². The van der Waals surface area contributed by atoms with E-state index in [-0.39, 0.29) is 5.69 Å². The van der Waals surface area contributed by atoms with Gasteiger partial charge in [0.05, 0.1) is 30.4 Å². The number of nitrogen functional groups attached to an aromatic ring is 1. The Bertz CT molecular complexity index is 1270. The van der Waals surface area contributed by atoms with Gasteiger partial charge in [0.2, 0.25) is 0 Å². The SMILES string of the molecule is COc1cc(-c2cnc3[nH]c(=O)n(-c4ccc5c(c4)CCN5)c3n2)ccc1N. The molecule has 0 bridgehead atoms. The number of ether oxygens (including phenoxy) is 1. The Hall–Kier alpha value is -3.81. The summed E-state index contributed by atoms with van der Waals surface area (Å²) in [5.41, 5.74) is 11.6. The maximum absolute atomic E-state index is 12.6. The molecule has 4 N–H and O–H groups in total. The standard InChI is InChI=1S/C20H18N6O2/c1-28-17-9-11(2-4-14(17)21)16-10-23-18-19(24-16)26(20(27)25-18)13-3-5-15-12(8-13)6-7-22-15/h2-5,8-10,22H,6-7,21H2,1H3,(H,23,25,27). The van der Waals surface area contributed by atoms with Crippen LogP contribution in [0.3, 0.4) is 0 Å². The molecular weight excluding hydrogens is 356 g/mol. The van der Waals surface area contributed by atoms with E-state index in [1.807, 2.05) is 24.3 Å². The van der Waals surface area contributed by atoms with Crippen molar-refractivity contribution in [3.63, 3.8) is 0 Å². The molecule has 4 aromatic rings. The molecule has 0 unspecified atom stereocenters. The van der Waals surface area contributed by atoms with Crippen LogP contribution in [0.15, 0.2) is 47.4 Å². The number of H-pyrrole nitrogens is 1. The first-order valence-electron chi connectivity index (χ1n) is 8.93. The monoisotopic (exact) mass is 374 g/mol. The summed E-state index contributed by atoms with van der Waals surface area (Å²) in [6.07, 6.45) is 2.56. The highest BCUT2D eigenvalue weighted by Gasteiger charge is 2.16. The molecule has 0 amide bonds. The van der Waals surface area contributed by atoms with E-state index in [1.54, 1.807) is 30.0 Å². The van der Waals surface area contributed by atoms with Crippen LogP contribution in [-0.2, 0) is 6.42 Å². The second-order valence-electron chi connectivity index (χ2n) is 6.67. The van der Waals surface area contributed by atoms with Crippen LogP contribution in [0, 0.1) is 0 Å². The molecular formula is C20H18N6O2. The van der Waals surface area contributed by atoms with Gasteiger partial charge in [-0.3, -0.25) is 4.98 Å². The third-order valence-corrected chi connectivity index (χ3v) is 4.98. The van der Waals surface area contributed by atoms with Crippen molar-refractivity contribution in [3.8, 4) is 22.7 Å². The second-order valence-corrected chi connectivity index (χ2v) is 6.67. The smallest absolute Gasteiger partial charge is 0.333 e. The summed E-state index contributed by atoms with van der Waals surface area (Å²) in [5, 5.41) is 3.33. The quantitative estimate of drug-likeness (QED) is 0.475. The summed E-state index contributed by atoms with van der Waals surface area (Å²) < 4.78 is 6.85. The molecule has 2 aromatic carbocycles. The maximum atomic E-state index is 12.6. The molecule has 1 aliphatic heterocycles. The zero-order valence-corrected chi connectivity index (χ0v) is 15.2. The predicted molar refractivity (Wildman–Crippen MR) is 108 cm³/mol. The van der Waals surface area contributed by atoms with Crippen LogP contribution >= 0.6 is 0 Å². The molecule has 8 heteroatoms. The number of hydrogen-bond donors (Lipinski definition) is 3. The molecule has 0 atom stereocenters. The van der Waals surface area contributed by atoms with E-state index in [0.717, 1.165) is 29.9 Å². The van der Waals surface area contributed by atoms with Crippen molar-refractivity contribution < 1.29 is 4.74 Å². The number of fused-ring (bicyclic) bond motifs is 2. The number of rotatable bonds is 3. The number of aromatic amines is 1. The highest BCUT2D eigenvalue weighted by atomic mass is 16.5. The minimum Gasteiger partial charge on any atom is -0.495 e. The third kappa shape index (κ3) is 2.50. The summed E-state index contributed by atoms with van der Waals surface area (Å²) in [4.78, 5) is 24.5. The predicted octanol–water partition coefficient (Wildman–Crippen LogP) is 2.33. The lowest BCUT2D eigenvalue weighted by atomic mass is 10.1. The Balaban J connectivity index is 1.68. The fourth-order valence-corrected chi connectivity index (χ4v) is 3.56. The van der Waals surface area contributed by atoms with Crippen molar-refractivity contribution in [1.82, 2.24) is 19.5 Å².